The smallest absolute Gasteiger partial charge is 0.416 e. The number of hydrogen-bond donors (Lipinski definition) is 1. The Morgan fingerprint density at radius 1 is 1.05 bits per heavy atom. The first-order valence-electron chi connectivity index (χ1n) is 10.9. The lowest BCUT2D eigenvalue weighted by molar-refractivity contribution is -0.137. The van der Waals surface area contributed by atoms with Crippen molar-refractivity contribution in [1.29, 1.82) is 0 Å². The highest BCUT2D eigenvalue weighted by atomic mass is 79.9. The van der Waals surface area contributed by atoms with Gasteiger partial charge in [-0.2, -0.15) is 13.2 Å². The lowest BCUT2D eigenvalue weighted by Gasteiger charge is -2.13. The Balaban J connectivity index is 1.39. The summed E-state index contributed by atoms with van der Waals surface area (Å²) in [4.78, 5) is 38.2. The second-order valence-corrected chi connectivity index (χ2v) is 9.85. The van der Waals surface area contributed by atoms with E-state index in [1.807, 2.05) is 0 Å². The fraction of sp³-hybridized carbons (Fsp3) is 0.115. The molecular weight excluding hydrogens is 592 g/mol. The summed E-state index contributed by atoms with van der Waals surface area (Å²) in [5.74, 6) is -1.43. The first-order valence-corrected chi connectivity index (χ1v) is 12.5. The molecule has 196 valence electrons. The summed E-state index contributed by atoms with van der Waals surface area (Å²) >= 11 is 4.02. The number of anilines is 1. The van der Waals surface area contributed by atoms with Crippen LogP contribution < -0.4 is 10.1 Å². The number of hydrogen-bond acceptors (Lipinski definition) is 5. The second kappa shape index (κ2) is 11.4. The Bertz CT molecular complexity index is 1440. The van der Waals surface area contributed by atoms with Gasteiger partial charge in [-0.15, -0.1) is 0 Å². The maximum atomic E-state index is 13.3. The van der Waals surface area contributed by atoms with E-state index in [1.54, 1.807) is 30.3 Å². The summed E-state index contributed by atoms with van der Waals surface area (Å²) in [5.41, 5.74) is 0.151. The molecule has 3 aromatic rings. The molecule has 0 bridgehead atoms. The van der Waals surface area contributed by atoms with Crippen molar-refractivity contribution in [2.75, 3.05) is 11.9 Å². The molecule has 1 aliphatic rings. The summed E-state index contributed by atoms with van der Waals surface area (Å²) in [6.45, 7) is -0.522. The number of imide groups is 1. The van der Waals surface area contributed by atoms with Gasteiger partial charge in [0.05, 0.1) is 14.9 Å². The van der Waals surface area contributed by atoms with E-state index in [2.05, 4.69) is 21.2 Å². The molecule has 3 amide bonds. The Hall–Kier alpha value is -3.64. The number of nitrogens with zero attached hydrogens (tertiary/aromatic N) is 1. The van der Waals surface area contributed by atoms with Crippen molar-refractivity contribution in [2.45, 2.75) is 12.8 Å². The molecule has 0 atom stereocenters. The number of carbonyl (C=O) groups is 3. The van der Waals surface area contributed by atoms with Crippen molar-refractivity contribution in [2.24, 2.45) is 0 Å². The van der Waals surface area contributed by atoms with Crippen molar-refractivity contribution in [3.8, 4) is 5.75 Å². The van der Waals surface area contributed by atoms with Gasteiger partial charge in [0.1, 0.15) is 24.7 Å². The number of ether oxygens (including phenoxy) is 1. The minimum atomic E-state index is -4.58. The average Bonchev–Trinajstić information content (AvgIpc) is 3.10. The third-order valence-corrected chi connectivity index (χ3v) is 6.71. The van der Waals surface area contributed by atoms with Crippen molar-refractivity contribution in [3.63, 3.8) is 0 Å². The number of rotatable bonds is 7. The summed E-state index contributed by atoms with van der Waals surface area (Å²) in [7, 11) is 0. The van der Waals surface area contributed by atoms with Crippen LogP contribution in [0.4, 0.5) is 28.0 Å². The number of benzene rings is 3. The largest absolute Gasteiger partial charge is 0.488 e. The van der Waals surface area contributed by atoms with E-state index in [4.69, 9.17) is 4.74 Å². The minimum absolute atomic E-state index is 0.0715. The van der Waals surface area contributed by atoms with Gasteiger partial charge in [0.25, 0.3) is 11.1 Å². The maximum Gasteiger partial charge on any atom is 0.416 e. The SMILES string of the molecule is O=C(CN1C(=O)S/C(=C\c2ccc(OCc3cccc(F)c3)c(Br)c2)C1=O)Nc1cccc(C(F)(F)F)c1. The molecule has 12 heteroatoms. The van der Waals surface area contributed by atoms with E-state index in [0.717, 1.165) is 18.2 Å². The first kappa shape index (κ1) is 27.4. The number of alkyl halides is 3. The Labute approximate surface area is 226 Å². The summed E-state index contributed by atoms with van der Waals surface area (Å²) < 4.78 is 58.3. The fourth-order valence-corrected chi connectivity index (χ4v) is 4.77. The lowest BCUT2D eigenvalue weighted by Crippen LogP contribution is -2.36. The predicted molar refractivity (Wildman–Crippen MR) is 138 cm³/mol. The molecule has 0 aliphatic carbocycles. The molecule has 1 aliphatic heterocycles. The normalized spacial score (nSPS) is 14.8. The molecule has 1 saturated heterocycles. The number of nitrogens with one attached hydrogen (secondary N) is 1. The van der Waals surface area contributed by atoms with E-state index in [0.29, 0.717) is 38.0 Å². The maximum absolute atomic E-state index is 13.3. The molecule has 4 rings (SSSR count). The van der Waals surface area contributed by atoms with Crippen LogP contribution in [0.15, 0.2) is 76.1 Å². The number of amides is 3. The highest BCUT2D eigenvalue weighted by Gasteiger charge is 2.36. The van der Waals surface area contributed by atoms with Crippen LogP contribution in [0.3, 0.4) is 0 Å². The Kier molecular flexibility index (Phi) is 8.22. The van der Waals surface area contributed by atoms with E-state index >= 15 is 0 Å². The topological polar surface area (TPSA) is 75.7 Å². The molecular formula is C26H17BrF4N2O4S. The van der Waals surface area contributed by atoms with Crippen LogP contribution in [0.1, 0.15) is 16.7 Å². The zero-order valence-electron chi connectivity index (χ0n) is 19.2. The fourth-order valence-electron chi connectivity index (χ4n) is 3.42. The third kappa shape index (κ3) is 6.81. The molecule has 38 heavy (non-hydrogen) atoms. The molecule has 6 nitrogen and oxygen atoms in total. The zero-order chi connectivity index (χ0) is 27.4. The van der Waals surface area contributed by atoms with Crippen molar-refractivity contribution in [3.05, 3.63) is 98.6 Å². The molecule has 1 fully saturated rings. The van der Waals surface area contributed by atoms with Gasteiger partial charge in [0.2, 0.25) is 5.91 Å². The van der Waals surface area contributed by atoms with Crippen LogP contribution in [0, 0.1) is 5.82 Å². The van der Waals surface area contributed by atoms with Crippen LogP contribution in [-0.2, 0) is 22.4 Å². The van der Waals surface area contributed by atoms with Crippen LogP contribution in [-0.4, -0.2) is 28.5 Å². The lowest BCUT2D eigenvalue weighted by atomic mass is 10.2. The van der Waals surface area contributed by atoms with Crippen LogP contribution >= 0.6 is 27.7 Å². The predicted octanol–water partition coefficient (Wildman–Crippen LogP) is 6.86. The highest BCUT2D eigenvalue weighted by Crippen LogP contribution is 2.34. The van der Waals surface area contributed by atoms with Crippen LogP contribution in [0.5, 0.6) is 5.75 Å². The molecule has 3 aromatic carbocycles. The van der Waals surface area contributed by atoms with Gasteiger partial charge < -0.3 is 10.1 Å². The van der Waals surface area contributed by atoms with Gasteiger partial charge in [-0.25, -0.2) is 4.39 Å². The second-order valence-electron chi connectivity index (χ2n) is 8.00. The van der Waals surface area contributed by atoms with Crippen molar-refractivity contribution < 1.29 is 36.7 Å². The third-order valence-electron chi connectivity index (χ3n) is 5.19. The van der Waals surface area contributed by atoms with Gasteiger partial charge >= 0.3 is 6.18 Å². The molecule has 0 radical (unpaired) electrons. The molecule has 0 saturated carbocycles. The van der Waals surface area contributed by atoms with Gasteiger partial charge in [0, 0.05) is 5.69 Å². The molecule has 1 N–H and O–H groups in total. The molecule has 0 spiro atoms. The number of halogens is 5. The molecule has 0 unspecified atom stereocenters. The minimum Gasteiger partial charge on any atom is -0.488 e. The Morgan fingerprint density at radius 2 is 1.82 bits per heavy atom. The quantitative estimate of drug-likeness (QED) is 0.234. The Morgan fingerprint density at radius 3 is 2.53 bits per heavy atom. The first-order chi connectivity index (χ1) is 18.0. The van der Waals surface area contributed by atoms with Crippen LogP contribution in [0.2, 0.25) is 0 Å². The summed E-state index contributed by atoms with van der Waals surface area (Å²) in [5, 5.41) is 1.59. The standard InChI is InChI=1S/C26H17BrF4N2O4S/c27-20-10-15(7-8-21(20)37-14-16-3-1-5-18(28)9-16)11-22-24(35)33(25(36)38-22)13-23(34)32-19-6-2-4-17(12-19)26(29,30)31/h1-12H,13-14H2,(H,32,34)/b22-11-. The number of carbonyl (C=O) groups excluding carboxylic acids is 3. The molecule has 1 heterocycles. The van der Waals surface area contributed by atoms with Gasteiger partial charge in [-0.3, -0.25) is 19.3 Å². The number of thioether (sulfide) groups is 1. The molecule has 0 aromatic heterocycles. The van der Waals surface area contributed by atoms with E-state index in [-0.39, 0.29) is 23.0 Å². The van der Waals surface area contributed by atoms with Crippen molar-refractivity contribution in [1.82, 2.24) is 4.90 Å². The van der Waals surface area contributed by atoms with Gasteiger partial charge in [-0.1, -0.05) is 24.3 Å². The zero-order valence-corrected chi connectivity index (χ0v) is 21.6. The van der Waals surface area contributed by atoms with Crippen molar-refractivity contribution >= 4 is 56.5 Å². The summed E-state index contributed by atoms with van der Waals surface area (Å²) in [6.07, 6.45) is -3.12. The van der Waals surface area contributed by atoms with E-state index < -0.39 is 35.3 Å². The van der Waals surface area contributed by atoms with E-state index in [9.17, 15) is 31.9 Å². The summed E-state index contributed by atoms with van der Waals surface area (Å²) in [6, 6.07) is 15.0. The highest BCUT2D eigenvalue weighted by molar-refractivity contribution is 9.10. The monoisotopic (exact) mass is 608 g/mol. The average molecular weight is 609 g/mol. The van der Waals surface area contributed by atoms with Gasteiger partial charge in [-0.05, 0) is 87.4 Å². The van der Waals surface area contributed by atoms with Gasteiger partial charge in [0.15, 0.2) is 0 Å². The van der Waals surface area contributed by atoms with E-state index in [1.165, 1.54) is 24.3 Å². The van der Waals surface area contributed by atoms with Crippen LogP contribution in [0.25, 0.3) is 6.08 Å².